The molecule has 30 heavy (non-hydrogen) atoms. The highest BCUT2D eigenvalue weighted by Crippen LogP contribution is 2.20. The molecule has 0 bridgehead atoms. The van der Waals surface area contributed by atoms with E-state index in [-0.39, 0.29) is 23.8 Å². The highest BCUT2D eigenvalue weighted by atomic mass is 16.2. The third-order valence-electron chi connectivity index (χ3n) is 5.27. The van der Waals surface area contributed by atoms with E-state index in [1.807, 2.05) is 43.3 Å². The summed E-state index contributed by atoms with van der Waals surface area (Å²) in [6.45, 7) is 3.04. The van der Waals surface area contributed by atoms with Crippen molar-refractivity contribution < 1.29 is 14.4 Å². The van der Waals surface area contributed by atoms with E-state index in [0.717, 1.165) is 24.8 Å². The molecule has 0 aliphatic carbocycles. The number of benzene rings is 2. The Morgan fingerprint density at radius 1 is 1.03 bits per heavy atom. The second-order valence-corrected chi connectivity index (χ2v) is 7.62. The van der Waals surface area contributed by atoms with Crippen molar-refractivity contribution in [3.63, 3.8) is 0 Å². The van der Waals surface area contributed by atoms with Gasteiger partial charge in [0.1, 0.15) is 6.04 Å². The van der Waals surface area contributed by atoms with E-state index in [9.17, 15) is 14.4 Å². The first kappa shape index (κ1) is 21.6. The van der Waals surface area contributed by atoms with Gasteiger partial charge in [-0.2, -0.15) is 0 Å². The highest BCUT2D eigenvalue weighted by Gasteiger charge is 2.31. The lowest BCUT2D eigenvalue weighted by molar-refractivity contribution is -0.135. The zero-order valence-electron chi connectivity index (χ0n) is 17.3. The highest BCUT2D eigenvalue weighted by molar-refractivity contribution is 5.97. The topological polar surface area (TPSA) is 78.5 Å². The summed E-state index contributed by atoms with van der Waals surface area (Å²) < 4.78 is 0. The van der Waals surface area contributed by atoms with Gasteiger partial charge in [-0.3, -0.25) is 14.4 Å². The maximum absolute atomic E-state index is 13.4. The van der Waals surface area contributed by atoms with Gasteiger partial charge in [0, 0.05) is 31.1 Å². The van der Waals surface area contributed by atoms with Crippen molar-refractivity contribution in [2.24, 2.45) is 0 Å². The molecule has 2 unspecified atom stereocenters. The van der Waals surface area contributed by atoms with Gasteiger partial charge in [-0.25, -0.2) is 0 Å². The fourth-order valence-electron chi connectivity index (χ4n) is 3.74. The van der Waals surface area contributed by atoms with E-state index in [0.29, 0.717) is 25.1 Å². The summed E-state index contributed by atoms with van der Waals surface area (Å²) in [5.74, 6) is -0.420. The number of carbonyl (C=O) groups is 3. The maximum Gasteiger partial charge on any atom is 0.252 e. The Kier molecular flexibility index (Phi) is 7.60. The van der Waals surface area contributed by atoms with Gasteiger partial charge < -0.3 is 15.5 Å². The molecule has 3 rings (SSSR count). The molecular formula is C24H29N3O3. The summed E-state index contributed by atoms with van der Waals surface area (Å²) in [5, 5.41) is 5.93. The summed E-state index contributed by atoms with van der Waals surface area (Å²) >= 11 is 0. The monoisotopic (exact) mass is 407 g/mol. The number of carbonyl (C=O) groups excluding carboxylic acids is 3. The molecular weight excluding hydrogens is 378 g/mol. The van der Waals surface area contributed by atoms with E-state index in [4.69, 9.17) is 0 Å². The van der Waals surface area contributed by atoms with E-state index in [2.05, 4.69) is 10.6 Å². The number of hydrogen-bond donors (Lipinski definition) is 2. The summed E-state index contributed by atoms with van der Waals surface area (Å²) in [6.07, 6.45) is 2.95. The minimum atomic E-state index is -0.774. The third-order valence-corrected chi connectivity index (χ3v) is 5.27. The number of nitrogens with one attached hydrogen (secondary N) is 2. The molecule has 1 aliphatic rings. The Bertz CT molecular complexity index is 855. The van der Waals surface area contributed by atoms with Crippen LogP contribution in [0.5, 0.6) is 0 Å². The van der Waals surface area contributed by atoms with Crippen LogP contribution >= 0.6 is 0 Å². The molecule has 0 radical (unpaired) electrons. The van der Waals surface area contributed by atoms with Crippen molar-refractivity contribution in [3.05, 3.63) is 71.8 Å². The Morgan fingerprint density at radius 3 is 2.37 bits per heavy atom. The molecule has 0 saturated carbocycles. The molecule has 1 aliphatic heterocycles. The molecule has 6 nitrogen and oxygen atoms in total. The lowest BCUT2D eigenvalue weighted by atomic mass is 10.0. The average molecular weight is 408 g/mol. The van der Waals surface area contributed by atoms with E-state index in [1.165, 1.54) is 0 Å². The Morgan fingerprint density at radius 2 is 1.70 bits per heavy atom. The molecule has 1 heterocycles. The average Bonchev–Trinajstić information content (AvgIpc) is 2.78. The second kappa shape index (κ2) is 10.6. The molecule has 2 aromatic rings. The Hall–Kier alpha value is -3.15. The zero-order valence-corrected chi connectivity index (χ0v) is 17.3. The van der Waals surface area contributed by atoms with Crippen molar-refractivity contribution in [1.29, 1.82) is 0 Å². The van der Waals surface area contributed by atoms with E-state index in [1.54, 1.807) is 29.2 Å². The zero-order chi connectivity index (χ0) is 21.3. The van der Waals surface area contributed by atoms with Gasteiger partial charge >= 0.3 is 0 Å². The number of likely N-dealkylation sites (tertiary alicyclic amines) is 1. The summed E-state index contributed by atoms with van der Waals surface area (Å²) in [4.78, 5) is 39.9. The van der Waals surface area contributed by atoms with Crippen LogP contribution in [-0.4, -0.2) is 41.8 Å². The van der Waals surface area contributed by atoms with Gasteiger partial charge in [0.2, 0.25) is 11.8 Å². The fraction of sp³-hybridized carbons (Fsp3) is 0.375. The standard InChI is InChI=1S/C24H29N3O3/c1-2-10-21(28)25-20-15-9-16-27(17-20)24(30)22(18-11-5-3-6-12-18)26-23(29)19-13-7-4-8-14-19/h3-8,11-14,20,22H,2,9-10,15-17H2,1H3,(H,25,28)(H,26,29). The SMILES string of the molecule is CCCC(=O)NC1CCCN(C(=O)C(NC(=O)c2ccccc2)c2ccccc2)C1. The van der Waals surface area contributed by atoms with Gasteiger partial charge in [-0.05, 0) is 37.0 Å². The molecule has 1 saturated heterocycles. The quantitative estimate of drug-likeness (QED) is 0.740. The van der Waals surface area contributed by atoms with E-state index < -0.39 is 6.04 Å². The number of piperidine rings is 1. The van der Waals surface area contributed by atoms with Gasteiger partial charge in [0.25, 0.3) is 5.91 Å². The fourth-order valence-corrected chi connectivity index (χ4v) is 3.74. The molecule has 158 valence electrons. The first-order valence-corrected chi connectivity index (χ1v) is 10.6. The van der Waals surface area contributed by atoms with E-state index >= 15 is 0 Å². The summed E-state index contributed by atoms with van der Waals surface area (Å²) in [5.41, 5.74) is 1.25. The van der Waals surface area contributed by atoms with Gasteiger partial charge in [-0.15, -0.1) is 0 Å². The van der Waals surface area contributed by atoms with Crippen LogP contribution in [0, 0.1) is 0 Å². The number of rotatable bonds is 7. The minimum Gasteiger partial charge on any atom is -0.352 e. The smallest absolute Gasteiger partial charge is 0.252 e. The maximum atomic E-state index is 13.4. The van der Waals surface area contributed by atoms with Crippen LogP contribution in [0.2, 0.25) is 0 Å². The molecule has 2 aromatic carbocycles. The van der Waals surface area contributed by atoms with Crippen LogP contribution in [0.4, 0.5) is 0 Å². The van der Waals surface area contributed by atoms with Gasteiger partial charge in [0.05, 0.1) is 0 Å². The molecule has 2 atom stereocenters. The molecule has 2 N–H and O–H groups in total. The lowest BCUT2D eigenvalue weighted by Gasteiger charge is -2.35. The van der Waals surface area contributed by atoms with Crippen LogP contribution in [-0.2, 0) is 9.59 Å². The normalized spacial score (nSPS) is 17.1. The van der Waals surface area contributed by atoms with Crippen molar-refractivity contribution in [2.45, 2.75) is 44.7 Å². The summed E-state index contributed by atoms with van der Waals surface area (Å²) in [6, 6.07) is 17.3. The van der Waals surface area contributed by atoms with Gasteiger partial charge in [-0.1, -0.05) is 55.5 Å². The first-order chi connectivity index (χ1) is 14.6. The second-order valence-electron chi connectivity index (χ2n) is 7.62. The molecule has 1 fully saturated rings. The molecule has 0 aromatic heterocycles. The van der Waals surface area contributed by atoms with Gasteiger partial charge in [0.15, 0.2) is 0 Å². The van der Waals surface area contributed by atoms with Crippen molar-refractivity contribution in [3.8, 4) is 0 Å². The van der Waals surface area contributed by atoms with Crippen molar-refractivity contribution in [2.75, 3.05) is 13.1 Å². The lowest BCUT2D eigenvalue weighted by Crippen LogP contribution is -2.52. The third kappa shape index (κ3) is 5.69. The number of nitrogens with zero attached hydrogens (tertiary/aromatic N) is 1. The summed E-state index contributed by atoms with van der Waals surface area (Å²) in [7, 11) is 0. The Balaban J connectivity index is 1.75. The van der Waals surface area contributed by atoms with Crippen molar-refractivity contribution in [1.82, 2.24) is 15.5 Å². The van der Waals surface area contributed by atoms with Crippen LogP contribution < -0.4 is 10.6 Å². The van der Waals surface area contributed by atoms with Crippen LogP contribution in [0.25, 0.3) is 0 Å². The predicted octanol–water partition coefficient (Wildman–Crippen LogP) is 3.07. The van der Waals surface area contributed by atoms with Crippen LogP contribution in [0.15, 0.2) is 60.7 Å². The molecule has 6 heteroatoms. The predicted molar refractivity (Wildman–Crippen MR) is 116 cm³/mol. The number of amides is 3. The number of hydrogen-bond acceptors (Lipinski definition) is 3. The van der Waals surface area contributed by atoms with Crippen LogP contribution in [0.1, 0.15) is 54.6 Å². The molecule has 3 amide bonds. The minimum absolute atomic E-state index is 0.0220. The van der Waals surface area contributed by atoms with Crippen LogP contribution in [0.3, 0.4) is 0 Å². The largest absolute Gasteiger partial charge is 0.352 e. The Labute approximate surface area is 177 Å². The first-order valence-electron chi connectivity index (χ1n) is 10.6. The van der Waals surface area contributed by atoms with Crippen molar-refractivity contribution >= 4 is 17.7 Å². The molecule has 0 spiro atoms.